The number of hydrogen-bond acceptors (Lipinski definition) is 4. The third-order valence-electron chi connectivity index (χ3n) is 8.24. The van der Waals surface area contributed by atoms with Gasteiger partial charge in [-0.25, -0.2) is 0 Å². The van der Waals surface area contributed by atoms with E-state index in [2.05, 4.69) is 83.0 Å². The van der Waals surface area contributed by atoms with Crippen LogP contribution in [0.2, 0.25) is 0 Å². The van der Waals surface area contributed by atoms with E-state index in [1.807, 2.05) is 0 Å². The number of rotatable bonds is 11. The van der Waals surface area contributed by atoms with Gasteiger partial charge in [-0.1, -0.05) is 63.9 Å². The van der Waals surface area contributed by atoms with Crippen LogP contribution < -0.4 is 5.32 Å². The van der Waals surface area contributed by atoms with E-state index >= 15 is 0 Å². The Bertz CT molecular complexity index is 934. The van der Waals surface area contributed by atoms with Crippen LogP contribution >= 0.6 is 0 Å². The van der Waals surface area contributed by atoms with Gasteiger partial charge < -0.3 is 14.8 Å². The highest BCUT2D eigenvalue weighted by molar-refractivity contribution is 5.79. The molecule has 0 bridgehead atoms. The third kappa shape index (κ3) is 6.32. The zero-order valence-electron chi connectivity index (χ0n) is 22.2. The van der Waals surface area contributed by atoms with Crippen molar-refractivity contribution >= 4 is 5.91 Å². The fraction of sp³-hybridized carbons (Fsp3) is 0.690. The third-order valence-corrected chi connectivity index (χ3v) is 8.24. The number of likely N-dealkylation sites (tertiary alicyclic amines) is 1. The summed E-state index contributed by atoms with van der Waals surface area (Å²) in [5, 5.41) is 12.3. The van der Waals surface area contributed by atoms with Crippen molar-refractivity contribution in [3.8, 4) is 0 Å². The molecule has 35 heavy (non-hydrogen) atoms. The second kappa shape index (κ2) is 12.2. The molecule has 1 saturated carbocycles. The molecule has 3 atom stereocenters. The summed E-state index contributed by atoms with van der Waals surface area (Å²) in [5.74, 6) is 2.97. The van der Waals surface area contributed by atoms with Gasteiger partial charge in [0, 0.05) is 30.5 Å². The molecule has 6 heteroatoms. The highest BCUT2D eigenvalue weighted by Gasteiger charge is 2.31. The summed E-state index contributed by atoms with van der Waals surface area (Å²) in [7, 11) is 0. The molecule has 1 N–H and O–H groups in total. The number of hydrogen-bond donors (Lipinski definition) is 1. The second-order valence-electron chi connectivity index (χ2n) is 11.0. The van der Waals surface area contributed by atoms with Crippen LogP contribution in [0.4, 0.5) is 0 Å². The van der Waals surface area contributed by atoms with E-state index in [0.29, 0.717) is 18.0 Å². The van der Waals surface area contributed by atoms with Crippen LogP contribution in [-0.2, 0) is 4.79 Å². The van der Waals surface area contributed by atoms with Crippen molar-refractivity contribution in [2.75, 3.05) is 13.1 Å². The van der Waals surface area contributed by atoms with Crippen LogP contribution in [0, 0.1) is 12.8 Å². The molecule has 0 radical (unpaired) electrons. The lowest BCUT2D eigenvalue weighted by Crippen LogP contribution is -2.37. The first-order chi connectivity index (χ1) is 17.0. The molecule has 1 aromatic carbocycles. The van der Waals surface area contributed by atoms with E-state index in [-0.39, 0.29) is 17.9 Å². The molecule has 1 aromatic heterocycles. The summed E-state index contributed by atoms with van der Waals surface area (Å²) >= 11 is 0. The molecule has 1 aliphatic heterocycles. The van der Waals surface area contributed by atoms with Gasteiger partial charge in [0.05, 0.1) is 6.04 Å². The molecule has 2 fully saturated rings. The average molecular weight is 480 g/mol. The van der Waals surface area contributed by atoms with Gasteiger partial charge in [0.15, 0.2) is 0 Å². The lowest BCUT2D eigenvalue weighted by molar-refractivity contribution is -0.125. The Morgan fingerprint density at radius 1 is 1.09 bits per heavy atom. The highest BCUT2D eigenvalue weighted by atomic mass is 16.1. The summed E-state index contributed by atoms with van der Waals surface area (Å²) in [6.07, 6.45) is 10.1. The minimum atomic E-state index is 0.0835. The van der Waals surface area contributed by atoms with E-state index in [4.69, 9.17) is 0 Å². The maximum Gasteiger partial charge on any atom is 0.223 e. The molecule has 2 aromatic rings. The minimum absolute atomic E-state index is 0.0835. The fourth-order valence-corrected chi connectivity index (χ4v) is 6.24. The molecule has 192 valence electrons. The Kier molecular flexibility index (Phi) is 8.99. The molecular weight excluding hydrogens is 434 g/mol. The number of aromatic nitrogens is 3. The van der Waals surface area contributed by atoms with Gasteiger partial charge in [0.25, 0.3) is 0 Å². The summed E-state index contributed by atoms with van der Waals surface area (Å²) < 4.78 is 2.40. The van der Waals surface area contributed by atoms with Gasteiger partial charge in [0.1, 0.15) is 11.6 Å². The van der Waals surface area contributed by atoms with E-state index in [9.17, 15) is 4.79 Å². The number of aryl methyl sites for hydroxylation is 1. The SMILES string of the molecule is CCC(CC1CCCN1CC[C@H](NC(=O)C1CCCC1)c1ccccc1)n1c(C)nnc1C(C)C. The smallest absolute Gasteiger partial charge is 0.223 e. The van der Waals surface area contributed by atoms with Crippen LogP contribution in [0.1, 0.15) is 114 Å². The molecule has 1 saturated heterocycles. The fourth-order valence-electron chi connectivity index (χ4n) is 6.24. The van der Waals surface area contributed by atoms with E-state index in [0.717, 1.165) is 56.8 Å². The van der Waals surface area contributed by atoms with E-state index in [1.165, 1.54) is 31.2 Å². The van der Waals surface area contributed by atoms with Crippen LogP contribution in [0.15, 0.2) is 30.3 Å². The Balaban J connectivity index is 1.42. The lowest BCUT2D eigenvalue weighted by atomic mass is 9.99. The maximum atomic E-state index is 13.0. The number of carbonyl (C=O) groups is 1. The summed E-state index contributed by atoms with van der Waals surface area (Å²) in [4.78, 5) is 15.7. The van der Waals surface area contributed by atoms with Crippen molar-refractivity contribution in [2.45, 2.75) is 110 Å². The summed E-state index contributed by atoms with van der Waals surface area (Å²) in [5.41, 5.74) is 1.22. The average Bonchev–Trinajstić information content (AvgIpc) is 3.62. The first-order valence-electron chi connectivity index (χ1n) is 14.0. The van der Waals surface area contributed by atoms with Crippen LogP contribution in [-0.4, -0.2) is 44.7 Å². The van der Waals surface area contributed by atoms with E-state index < -0.39 is 0 Å². The van der Waals surface area contributed by atoms with Gasteiger partial charge in [0.2, 0.25) is 5.91 Å². The minimum Gasteiger partial charge on any atom is -0.349 e. The topological polar surface area (TPSA) is 63.1 Å². The van der Waals surface area contributed by atoms with Crippen molar-refractivity contribution in [2.24, 2.45) is 5.92 Å². The molecule has 4 rings (SSSR count). The molecule has 2 unspecified atom stereocenters. The number of nitrogens with zero attached hydrogens (tertiary/aromatic N) is 4. The Hall–Kier alpha value is -2.21. The summed E-state index contributed by atoms with van der Waals surface area (Å²) in [6, 6.07) is 11.6. The van der Waals surface area contributed by atoms with Crippen molar-refractivity contribution in [3.63, 3.8) is 0 Å². The van der Waals surface area contributed by atoms with Gasteiger partial charge in [-0.3, -0.25) is 4.79 Å². The van der Waals surface area contributed by atoms with Crippen molar-refractivity contribution in [3.05, 3.63) is 47.5 Å². The van der Waals surface area contributed by atoms with Crippen molar-refractivity contribution < 1.29 is 4.79 Å². The Labute approximate surface area is 211 Å². The second-order valence-corrected chi connectivity index (χ2v) is 11.0. The van der Waals surface area contributed by atoms with Gasteiger partial charge >= 0.3 is 0 Å². The van der Waals surface area contributed by atoms with Gasteiger partial charge in [-0.05, 0) is 64.0 Å². The molecular formula is C29H45N5O. The number of nitrogens with one attached hydrogen (secondary N) is 1. The molecule has 6 nitrogen and oxygen atoms in total. The number of amides is 1. The van der Waals surface area contributed by atoms with Gasteiger partial charge in [-0.15, -0.1) is 10.2 Å². The van der Waals surface area contributed by atoms with E-state index in [1.54, 1.807) is 0 Å². The van der Waals surface area contributed by atoms with Crippen LogP contribution in [0.5, 0.6) is 0 Å². The zero-order chi connectivity index (χ0) is 24.8. The van der Waals surface area contributed by atoms with Crippen LogP contribution in [0.25, 0.3) is 0 Å². The molecule has 2 heterocycles. The number of carbonyl (C=O) groups excluding carboxylic acids is 1. The highest BCUT2D eigenvalue weighted by Crippen LogP contribution is 2.32. The molecule has 1 amide bonds. The normalized spacial score (nSPS) is 21.0. The van der Waals surface area contributed by atoms with Crippen LogP contribution in [0.3, 0.4) is 0 Å². The predicted molar refractivity (Wildman–Crippen MR) is 141 cm³/mol. The lowest BCUT2D eigenvalue weighted by Gasteiger charge is -2.31. The first-order valence-corrected chi connectivity index (χ1v) is 14.0. The maximum absolute atomic E-state index is 13.0. The van der Waals surface area contributed by atoms with Crippen molar-refractivity contribution in [1.82, 2.24) is 25.0 Å². The predicted octanol–water partition coefficient (Wildman–Crippen LogP) is 5.95. The van der Waals surface area contributed by atoms with Gasteiger partial charge in [-0.2, -0.15) is 0 Å². The zero-order valence-corrected chi connectivity index (χ0v) is 22.2. The number of benzene rings is 1. The monoisotopic (exact) mass is 479 g/mol. The van der Waals surface area contributed by atoms with Crippen molar-refractivity contribution in [1.29, 1.82) is 0 Å². The Morgan fingerprint density at radius 2 is 1.83 bits per heavy atom. The molecule has 2 aliphatic rings. The molecule has 1 aliphatic carbocycles. The Morgan fingerprint density at radius 3 is 2.51 bits per heavy atom. The molecule has 0 spiro atoms. The summed E-state index contributed by atoms with van der Waals surface area (Å²) in [6.45, 7) is 11.0. The standard InChI is InChI=1S/C29H45N5O/c1-5-25(34-22(4)31-32-28(34)21(2)3)20-26-16-11-18-33(26)19-17-27(23-12-7-6-8-13-23)30-29(35)24-14-9-10-15-24/h6-8,12-13,21,24-27H,5,9-11,14-20H2,1-4H3,(H,30,35)/t25?,26?,27-/m0/s1. The first kappa shape index (κ1) is 25.9. The quantitative estimate of drug-likeness (QED) is 0.432. The largest absolute Gasteiger partial charge is 0.349 e.